The molecule has 0 radical (unpaired) electrons. The highest BCUT2D eigenvalue weighted by Crippen LogP contribution is 1.99. The van der Waals surface area contributed by atoms with Gasteiger partial charge in [-0.15, -0.1) is 0 Å². The predicted molar refractivity (Wildman–Crippen MR) is 70.2 cm³/mol. The first-order valence-electron chi connectivity index (χ1n) is 4.71. The van der Waals surface area contributed by atoms with E-state index >= 15 is 0 Å². The molecule has 0 bridgehead atoms. The zero-order valence-electron chi connectivity index (χ0n) is 8.51. The number of hydrogen-bond acceptors (Lipinski definition) is 3. The average molecular weight is 342 g/mol. The number of aromatic amines is 1. The van der Waals surface area contributed by atoms with E-state index < -0.39 is 17.2 Å². The Balaban J connectivity index is 2.61. The largest absolute Gasteiger partial charge is 0.336 e. The molecule has 0 aliphatic heterocycles. The molecule has 17 heavy (non-hydrogen) atoms. The fourth-order valence-electron chi connectivity index (χ4n) is 1.37. The van der Waals surface area contributed by atoms with Crippen LogP contribution in [0.1, 0.15) is 10.4 Å². The molecule has 86 valence electrons. The summed E-state index contributed by atoms with van der Waals surface area (Å²) in [6, 6.07) is 9.37. The number of carbonyl (C=O) groups is 1. The van der Waals surface area contributed by atoms with Crippen LogP contribution in [-0.2, 0) is 0 Å². The Labute approximate surface area is 109 Å². The molecule has 1 aromatic heterocycles. The second-order valence-electron chi connectivity index (χ2n) is 3.27. The van der Waals surface area contributed by atoms with Gasteiger partial charge in [0.1, 0.15) is 0 Å². The maximum atomic E-state index is 11.9. The zero-order chi connectivity index (χ0) is 12.4. The third kappa shape index (κ3) is 2.36. The van der Waals surface area contributed by atoms with Gasteiger partial charge in [0.05, 0.1) is 3.70 Å². The monoisotopic (exact) mass is 342 g/mol. The molecule has 5 nitrogen and oxygen atoms in total. The molecule has 0 saturated carbocycles. The highest BCUT2D eigenvalue weighted by Gasteiger charge is 2.13. The molecular weight excluding hydrogens is 335 g/mol. The molecule has 0 aliphatic carbocycles. The molecule has 2 rings (SSSR count). The minimum Gasteiger partial charge on any atom is -0.302 e. The summed E-state index contributed by atoms with van der Waals surface area (Å²) in [5.41, 5.74) is -1.07. The van der Waals surface area contributed by atoms with Crippen LogP contribution in [0.3, 0.4) is 0 Å². The van der Waals surface area contributed by atoms with Gasteiger partial charge in [-0.25, -0.2) is 4.79 Å². The summed E-state index contributed by atoms with van der Waals surface area (Å²) in [5, 5.41) is 0. The van der Waals surface area contributed by atoms with Crippen molar-refractivity contribution in [1.82, 2.24) is 9.55 Å². The minimum absolute atomic E-state index is 0.293. The molecular formula is C11H7IN2O3. The number of rotatable bonds is 1. The lowest BCUT2D eigenvalue weighted by atomic mass is 10.2. The van der Waals surface area contributed by atoms with Crippen LogP contribution in [0, 0.1) is 3.70 Å². The van der Waals surface area contributed by atoms with E-state index in [1.165, 1.54) is 6.07 Å². The van der Waals surface area contributed by atoms with Gasteiger partial charge in [0.2, 0.25) is 0 Å². The molecule has 0 spiro atoms. The molecule has 6 heteroatoms. The summed E-state index contributed by atoms with van der Waals surface area (Å²) in [5.74, 6) is -0.631. The summed E-state index contributed by atoms with van der Waals surface area (Å²) in [4.78, 5) is 37.5. The highest BCUT2D eigenvalue weighted by atomic mass is 127. The zero-order valence-corrected chi connectivity index (χ0v) is 10.7. The highest BCUT2D eigenvalue weighted by molar-refractivity contribution is 14.1. The van der Waals surface area contributed by atoms with Gasteiger partial charge in [-0.3, -0.25) is 9.59 Å². The summed E-state index contributed by atoms with van der Waals surface area (Å²) in [6.07, 6.45) is 0. The first-order chi connectivity index (χ1) is 8.09. The van der Waals surface area contributed by atoms with E-state index in [1.54, 1.807) is 52.9 Å². The number of aromatic nitrogens is 2. The summed E-state index contributed by atoms with van der Waals surface area (Å²) in [7, 11) is 0. The Hall–Kier alpha value is -1.70. The van der Waals surface area contributed by atoms with Crippen LogP contribution in [0.15, 0.2) is 46.0 Å². The van der Waals surface area contributed by atoms with E-state index in [9.17, 15) is 14.4 Å². The number of nitrogens with zero attached hydrogens (tertiary/aromatic N) is 1. The van der Waals surface area contributed by atoms with Crippen LogP contribution in [0.2, 0.25) is 0 Å². The average Bonchev–Trinajstić information content (AvgIpc) is 2.28. The van der Waals surface area contributed by atoms with Crippen LogP contribution < -0.4 is 11.2 Å². The molecule has 0 saturated heterocycles. The summed E-state index contributed by atoms with van der Waals surface area (Å²) in [6.45, 7) is 0. The van der Waals surface area contributed by atoms with Crippen LogP contribution in [0.25, 0.3) is 0 Å². The first kappa shape index (κ1) is 11.8. The topological polar surface area (TPSA) is 71.9 Å². The van der Waals surface area contributed by atoms with Crippen molar-refractivity contribution in [3.63, 3.8) is 0 Å². The molecule has 1 heterocycles. The minimum atomic E-state index is -0.726. The second kappa shape index (κ2) is 4.66. The summed E-state index contributed by atoms with van der Waals surface area (Å²) < 4.78 is 0.979. The number of halogens is 1. The second-order valence-corrected chi connectivity index (χ2v) is 4.43. The van der Waals surface area contributed by atoms with Gasteiger partial charge < -0.3 is 4.98 Å². The molecule has 0 amide bonds. The van der Waals surface area contributed by atoms with E-state index in [4.69, 9.17) is 0 Å². The SMILES string of the molecule is O=C(c1ccccc1)n1c(=O)cc(I)[nH]c1=O. The van der Waals surface area contributed by atoms with Crippen molar-refractivity contribution < 1.29 is 4.79 Å². The maximum absolute atomic E-state index is 11.9. The molecule has 2 aromatic rings. The van der Waals surface area contributed by atoms with Crippen molar-refractivity contribution in [3.05, 3.63) is 66.5 Å². The fourth-order valence-corrected chi connectivity index (χ4v) is 1.87. The van der Waals surface area contributed by atoms with Crippen LogP contribution >= 0.6 is 22.6 Å². The van der Waals surface area contributed by atoms with Crippen LogP contribution in [-0.4, -0.2) is 15.5 Å². The van der Waals surface area contributed by atoms with Crippen molar-refractivity contribution in [1.29, 1.82) is 0 Å². The van der Waals surface area contributed by atoms with E-state index in [-0.39, 0.29) is 0 Å². The third-order valence-corrected chi connectivity index (χ3v) is 2.70. The lowest BCUT2D eigenvalue weighted by Crippen LogP contribution is -2.40. The molecule has 0 aliphatic rings. The number of carbonyl (C=O) groups excluding carboxylic acids is 1. The number of benzene rings is 1. The number of H-pyrrole nitrogens is 1. The Morgan fingerprint density at radius 2 is 1.82 bits per heavy atom. The van der Waals surface area contributed by atoms with E-state index in [0.717, 1.165) is 0 Å². The van der Waals surface area contributed by atoms with Crippen molar-refractivity contribution in [2.24, 2.45) is 0 Å². The van der Waals surface area contributed by atoms with Gasteiger partial charge >= 0.3 is 5.69 Å². The Kier molecular flexibility index (Phi) is 3.23. The van der Waals surface area contributed by atoms with Gasteiger partial charge in [-0.05, 0) is 34.7 Å². The Morgan fingerprint density at radius 3 is 2.41 bits per heavy atom. The third-order valence-electron chi connectivity index (χ3n) is 2.12. The summed E-state index contributed by atoms with van der Waals surface area (Å²) >= 11 is 1.81. The molecule has 0 unspecified atom stereocenters. The van der Waals surface area contributed by atoms with Gasteiger partial charge in [-0.1, -0.05) is 18.2 Å². The first-order valence-corrected chi connectivity index (χ1v) is 5.79. The normalized spacial score (nSPS) is 10.2. The van der Waals surface area contributed by atoms with Crippen LogP contribution in [0.5, 0.6) is 0 Å². The lowest BCUT2D eigenvalue weighted by molar-refractivity contribution is 0.0950. The smallest absolute Gasteiger partial charge is 0.302 e. The lowest BCUT2D eigenvalue weighted by Gasteiger charge is -2.02. The molecule has 0 atom stereocenters. The van der Waals surface area contributed by atoms with E-state index in [1.807, 2.05) is 0 Å². The molecule has 1 aromatic carbocycles. The number of nitrogens with one attached hydrogen (secondary N) is 1. The standard InChI is InChI=1S/C11H7IN2O3/c12-8-6-9(15)14(11(17)13-8)10(16)7-4-2-1-3-5-7/h1-6H,(H,13,17). The van der Waals surface area contributed by atoms with Gasteiger partial charge in [0, 0.05) is 11.6 Å². The molecule has 0 fully saturated rings. The predicted octanol–water partition coefficient (Wildman–Crippen LogP) is 0.830. The van der Waals surface area contributed by atoms with Gasteiger partial charge in [0.25, 0.3) is 11.5 Å². The van der Waals surface area contributed by atoms with Crippen molar-refractivity contribution in [3.8, 4) is 0 Å². The Bertz CT molecular complexity index is 642. The number of hydrogen-bond donors (Lipinski definition) is 1. The fraction of sp³-hybridized carbons (Fsp3) is 0. The molecule has 1 N–H and O–H groups in total. The van der Waals surface area contributed by atoms with Crippen LogP contribution in [0.4, 0.5) is 0 Å². The van der Waals surface area contributed by atoms with E-state index in [0.29, 0.717) is 13.8 Å². The van der Waals surface area contributed by atoms with E-state index in [2.05, 4.69) is 4.98 Å². The Morgan fingerprint density at radius 1 is 1.18 bits per heavy atom. The van der Waals surface area contributed by atoms with Crippen molar-refractivity contribution in [2.45, 2.75) is 0 Å². The quantitative estimate of drug-likeness (QED) is 0.616. The van der Waals surface area contributed by atoms with Gasteiger partial charge in [-0.2, -0.15) is 4.57 Å². The van der Waals surface area contributed by atoms with Crippen molar-refractivity contribution in [2.75, 3.05) is 0 Å². The van der Waals surface area contributed by atoms with Gasteiger partial charge in [0.15, 0.2) is 0 Å². The maximum Gasteiger partial charge on any atom is 0.336 e. The van der Waals surface area contributed by atoms with Crippen molar-refractivity contribution >= 4 is 28.5 Å².